The molecule has 2 nitrogen and oxygen atoms in total. The lowest BCUT2D eigenvalue weighted by molar-refractivity contribution is -0.120. The maximum atomic E-state index is 12.0. The summed E-state index contributed by atoms with van der Waals surface area (Å²) in [6.07, 6.45) is 1.90. The van der Waals surface area contributed by atoms with Gasteiger partial charge in [-0.3, -0.25) is 4.79 Å². The normalized spacial score (nSPS) is 23.8. The maximum Gasteiger partial charge on any atom is 0.234 e. The molecule has 3 heteroatoms. The van der Waals surface area contributed by atoms with Gasteiger partial charge in [0, 0.05) is 4.47 Å². The molecule has 0 spiro atoms. The zero-order chi connectivity index (χ0) is 11.1. The minimum atomic E-state index is -0.353. The average Bonchev–Trinajstić information content (AvgIpc) is 2.44. The van der Waals surface area contributed by atoms with E-state index in [1.807, 2.05) is 25.1 Å². The maximum absolute atomic E-state index is 12.0. The SMILES string of the molecule is CCCC1(C)C(=O)Nc2c(Br)cccc21. The predicted molar refractivity (Wildman–Crippen MR) is 65.0 cm³/mol. The molecule has 1 unspecified atom stereocenters. The van der Waals surface area contributed by atoms with Crippen molar-refractivity contribution in [1.82, 2.24) is 0 Å². The Morgan fingerprint density at radius 2 is 2.20 bits per heavy atom. The molecule has 1 aliphatic heterocycles. The van der Waals surface area contributed by atoms with E-state index in [0.717, 1.165) is 28.6 Å². The molecule has 80 valence electrons. The Kier molecular flexibility index (Phi) is 2.59. The fraction of sp³-hybridized carbons (Fsp3) is 0.417. The zero-order valence-electron chi connectivity index (χ0n) is 8.93. The van der Waals surface area contributed by atoms with Gasteiger partial charge in [0.25, 0.3) is 0 Å². The van der Waals surface area contributed by atoms with Gasteiger partial charge in [-0.15, -0.1) is 0 Å². The van der Waals surface area contributed by atoms with Gasteiger partial charge in [0.2, 0.25) is 5.91 Å². The molecule has 0 radical (unpaired) electrons. The van der Waals surface area contributed by atoms with Crippen molar-refractivity contribution in [3.8, 4) is 0 Å². The van der Waals surface area contributed by atoms with E-state index in [9.17, 15) is 4.79 Å². The number of halogens is 1. The van der Waals surface area contributed by atoms with Crippen LogP contribution >= 0.6 is 15.9 Å². The monoisotopic (exact) mass is 267 g/mol. The van der Waals surface area contributed by atoms with E-state index in [1.165, 1.54) is 0 Å². The van der Waals surface area contributed by atoms with Crippen molar-refractivity contribution in [3.05, 3.63) is 28.2 Å². The number of nitrogens with one attached hydrogen (secondary N) is 1. The van der Waals surface area contributed by atoms with Gasteiger partial charge < -0.3 is 5.32 Å². The van der Waals surface area contributed by atoms with Crippen molar-refractivity contribution in [1.29, 1.82) is 0 Å². The predicted octanol–water partition coefficient (Wildman–Crippen LogP) is 3.46. The standard InChI is InChI=1S/C12H14BrNO/c1-3-7-12(2)8-5-4-6-9(13)10(8)14-11(12)15/h4-6H,3,7H2,1-2H3,(H,14,15). The topological polar surface area (TPSA) is 29.1 Å². The van der Waals surface area contributed by atoms with Crippen LogP contribution in [-0.4, -0.2) is 5.91 Å². The molecule has 1 heterocycles. The summed E-state index contributed by atoms with van der Waals surface area (Å²) >= 11 is 3.46. The van der Waals surface area contributed by atoms with Gasteiger partial charge in [0.1, 0.15) is 0 Å². The van der Waals surface area contributed by atoms with Gasteiger partial charge in [-0.25, -0.2) is 0 Å². The highest BCUT2D eigenvalue weighted by Crippen LogP contribution is 2.43. The Morgan fingerprint density at radius 1 is 1.47 bits per heavy atom. The molecule has 2 rings (SSSR count). The van der Waals surface area contributed by atoms with Crippen molar-refractivity contribution >= 4 is 27.5 Å². The summed E-state index contributed by atoms with van der Waals surface area (Å²) in [7, 11) is 0. The lowest BCUT2D eigenvalue weighted by Gasteiger charge is -2.21. The summed E-state index contributed by atoms with van der Waals surface area (Å²) in [5, 5.41) is 2.96. The Labute approximate surface area is 98.2 Å². The smallest absolute Gasteiger partial charge is 0.234 e. The molecule has 0 aliphatic carbocycles. The molecule has 1 aromatic carbocycles. The van der Waals surface area contributed by atoms with Gasteiger partial charge in [-0.05, 0) is 40.9 Å². The van der Waals surface area contributed by atoms with E-state index >= 15 is 0 Å². The third-order valence-electron chi connectivity index (χ3n) is 3.10. The van der Waals surface area contributed by atoms with Crippen LogP contribution in [0, 0.1) is 0 Å². The minimum absolute atomic E-state index is 0.117. The number of carbonyl (C=O) groups is 1. The molecule has 0 aromatic heterocycles. The van der Waals surface area contributed by atoms with Gasteiger partial charge in [0.05, 0.1) is 11.1 Å². The first-order chi connectivity index (χ1) is 7.09. The van der Waals surface area contributed by atoms with Gasteiger partial charge in [-0.1, -0.05) is 25.5 Å². The van der Waals surface area contributed by atoms with E-state index in [0.29, 0.717) is 0 Å². The van der Waals surface area contributed by atoms with Crippen LogP contribution in [-0.2, 0) is 10.2 Å². The Bertz CT molecular complexity index is 416. The van der Waals surface area contributed by atoms with Crippen LogP contribution in [0.5, 0.6) is 0 Å². The first kappa shape index (κ1) is 10.7. The molecule has 15 heavy (non-hydrogen) atoms. The Morgan fingerprint density at radius 3 is 2.87 bits per heavy atom. The van der Waals surface area contributed by atoms with E-state index in [-0.39, 0.29) is 11.3 Å². The summed E-state index contributed by atoms with van der Waals surface area (Å²) in [6.45, 7) is 4.12. The van der Waals surface area contributed by atoms with Crippen LogP contribution in [0.4, 0.5) is 5.69 Å². The number of para-hydroxylation sites is 1. The number of carbonyl (C=O) groups excluding carboxylic acids is 1. The second kappa shape index (κ2) is 3.63. The molecule has 1 atom stereocenters. The van der Waals surface area contributed by atoms with Crippen LogP contribution in [0.2, 0.25) is 0 Å². The summed E-state index contributed by atoms with van der Waals surface area (Å²) in [6, 6.07) is 5.97. The van der Waals surface area contributed by atoms with E-state index in [1.54, 1.807) is 0 Å². The highest BCUT2D eigenvalue weighted by Gasteiger charge is 2.42. The molecule has 1 N–H and O–H groups in total. The number of hydrogen-bond acceptors (Lipinski definition) is 1. The summed E-state index contributed by atoms with van der Waals surface area (Å²) in [5.74, 6) is 0.117. The first-order valence-electron chi connectivity index (χ1n) is 5.20. The zero-order valence-corrected chi connectivity index (χ0v) is 10.5. The minimum Gasteiger partial charge on any atom is -0.324 e. The molecule has 0 saturated carbocycles. The van der Waals surface area contributed by atoms with Crippen LogP contribution in [0.1, 0.15) is 32.3 Å². The molecule has 0 bridgehead atoms. The van der Waals surface area contributed by atoms with Crippen molar-refractivity contribution < 1.29 is 4.79 Å². The second-order valence-electron chi connectivity index (χ2n) is 4.20. The molecule has 1 aromatic rings. The fourth-order valence-corrected chi connectivity index (χ4v) is 2.70. The Balaban J connectivity index is 2.55. The number of anilines is 1. The third-order valence-corrected chi connectivity index (χ3v) is 3.76. The lowest BCUT2D eigenvalue weighted by atomic mass is 9.80. The summed E-state index contributed by atoms with van der Waals surface area (Å²) in [5.41, 5.74) is 1.70. The van der Waals surface area contributed by atoms with Crippen LogP contribution < -0.4 is 5.32 Å². The average molecular weight is 268 g/mol. The summed E-state index contributed by atoms with van der Waals surface area (Å²) in [4.78, 5) is 12.0. The van der Waals surface area contributed by atoms with Crippen molar-refractivity contribution in [2.45, 2.75) is 32.1 Å². The number of hydrogen-bond donors (Lipinski definition) is 1. The molecule has 1 amide bonds. The third kappa shape index (κ3) is 1.49. The number of benzene rings is 1. The van der Waals surface area contributed by atoms with Gasteiger partial charge >= 0.3 is 0 Å². The van der Waals surface area contributed by atoms with Crippen molar-refractivity contribution in [2.24, 2.45) is 0 Å². The number of fused-ring (bicyclic) bond motifs is 1. The molecular weight excluding hydrogens is 254 g/mol. The Hall–Kier alpha value is -0.830. The second-order valence-corrected chi connectivity index (χ2v) is 5.05. The van der Waals surface area contributed by atoms with Crippen molar-refractivity contribution in [3.63, 3.8) is 0 Å². The largest absolute Gasteiger partial charge is 0.324 e. The molecule has 0 saturated heterocycles. The van der Waals surface area contributed by atoms with Crippen LogP contribution in [0.3, 0.4) is 0 Å². The highest BCUT2D eigenvalue weighted by molar-refractivity contribution is 9.10. The van der Waals surface area contributed by atoms with Crippen molar-refractivity contribution in [2.75, 3.05) is 5.32 Å². The highest BCUT2D eigenvalue weighted by atomic mass is 79.9. The first-order valence-corrected chi connectivity index (χ1v) is 5.99. The van der Waals surface area contributed by atoms with Gasteiger partial charge in [-0.2, -0.15) is 0 Å². The molecular formula is C12H14BrNO. The van der Waals surface area contributed by atoms with Crippen LogP contribution in [0.25, 0.3) is 0 Å². The van der Waals surface area contributed by atoms with E-state index in [4.69, 9.17) is 0 Å². The quantitative estimate of drug-likeness (QED) is 0.874. The van der Waals surface area contributed by atoms with Gasteiger partial charge in [0.15, 0.2) is 0 Å². The summed E-state index contributed by atoms with van der Waals surface area (Å²) < 4.78 is 0.966. The molecule has 1 aliphatic rings. The lowest BCUT2D eigenvalue weighted by Crippen LogP contribution is -2.30. The van der Waals surface area contributed by atoms with E-state index < -0.39 is 0 Å². The number of rotatable bonds is 2. The molecule has 0 fully saturated rings. The van der Waals surface area contributed by atoms with Crippen LogP contribution in [0.15, 0.2) is 22.7 Å². The fourth-order valence-electron chi connectivity index (χ4n) is 2.23. The number of amides is 1. The van der Waals surface area contributed by atoms with E-state index in [2.05, 4.69) is 28.2 Å².